The second-order valence-electron chi connectivity index (χ2n) is 7.18. The van der Waals surface area contributed by atoms with Gasteiger partial charge in [0.25, 0.3) is 5.91 Å². The number of amides is 2. The molecule has 0 unspecified atom stereocenters. The molecular formula is C23H30N3O3+. The lowest BCUT2D eigenvalue weighted by Gasteiger charge is -2.27. The number of carbonyl (C=O) groups is 2. The SMILES string of the molecule is CCOC(=O)Nc1ccc2c(c1)N(C(=O)C[NH+](CC)CC)c1ccccc1CC2. The summed E-state index contributed by atoms with van der Waals surface area (Å²) in [6.45, 7) is 8.49. The van der Waals surface area contributed by atoms with Gasteiger partial charge in [0.2, 0.25) is 0 Å². The van der Waals surface area contributed by atoms with Gasteiger partial charge in [-0.15, -0.1) is 0 Å². The van der Waals surface area contributed by atoms with Crippen molar-refractivity contribution in [2.24, 2.45) is 0 Å². The first-order valence-corrected chi connectivity index (χ1v) is 10.4. The number of para-hydroxylation sites is 1. The molecule has 6 heteroatoms. The molecule has 0 radical (unpaired) electrons. The monoisotopic (exact) mass is 396 g/mol. The summed E-state index contributed by atoms with van der Waals surface area (Å²) in [5.41, 5.74) is 4.64. The summed E-state index contributed by atoms with van der Waals surface area (Å²) < 4.78 is 4.99. The van der Waals surface area contributed by atoms with Crippen LogP contribution in [0.5, 0.6) is 0 Å². The van der Waals surface area contributed by atoms with Crippen LogP contribution in [0.25, 0.3) is 0 Å². The number of nitrogens with zero attached hydrogens (tertiary/aromatic N) is 1. The first kappa shape index (κ1) is 20.9. The van der Waals surface area contributed by atoms with Crippen LogP contribution in [-0.2, 0) is 22.4 Å². The lowest BCUT2D eigenvalue weighted by Crippen LogP contribution is -3.12. The highest BCUT2D eigenvalue weighted by Gasteiger charge is 2.28. The Bertz CT molecular complexity index is 877. The van der Waals surface area contributed by atoms with Crippen molar-refractivity contribution in [3.63, 3.8) is 0 Å². The molecule has 0 saturated carbocycles. The van der Waals surface area contributed by atoms with Crippen molar-refractivity contribution in [1.29, 1.82) is 0 Å². The summed E-state index contributed by atoms with van der Waals surface area (Å²) in [6.07, 6.45) is 1.22. The molecule has 2 N–H and O–H groups in total. The van der Waals surface area contributed by atoms with Crippen molar-refractivity contribution in [2.75, 3.05) is 36.5 Å². The van der Waals surface area contributed by atoms with Gasteiger partial charge in [0.1, 0.15) is 0 Å². The Balaban J connectivity index is 2.03. The summed E-state index contributed by atoms with van der Waals surface area (Å²) in [6, 6.07) is 13.8. The molecule has 3 rings (SSSR count). The molecule has 154 valence electrons. The molecule has 1 heterocycles. The van der Waals surface area contributed by atoms with E-state index in [1.54, 1.807) is 6.92 Å². The van der Waals surface area contributed by atoms with Gasteiger partial charge >= 0.3 is 6.09 Å². The second-order valence-corrected chi connectivity index (χ2v) is 7.18. The molecule has 2 aromatic rings. The summed E-state index contributed by atoms with van der Waals surface area (Å²) in [7, 11) is 0. The fraction of sp³-hybridized carbons (Fsp3) is 0.391. The fourth-order valence-electron chi connectivity index (χ4n) is 3.75. The summed E-state index contributed by atoms with van der Waals surface area (Å²) >= 11 is 0. The summed E-state index contributed by atoms with van der Waals surface area (Å²) in [4.78, 5) is 28.4. The van der Waals surface area contributed by atoms with Crippen LogP contribution in [0.4, 0.5) is 21.9 Å². The molecule has 0 atom stereocenters. The predicted octanol–water partition coefficient (Wildman–Crippen LogP) is 2.94. The van der Waals surface area contributed by atoms with Crippen LogP contribution >= 0.6 is 0 Å². The van der Waals surface area contributed by atoms with E-state index in [0.717, 1.165) is 48.4 Å². The van der Waals surface area contributed by atoms with E-state index in [-0.39, 0.29) is 5.91 Å². The van der Waals surface area contributed by atoms with E-state index >= 15 is 0 Å². The van der Waals surface area contributed by atoms with Crippen molar-refractivity contribution < 1.29 is 19.2 Å². The minimum Gasteiger partial charge on any atom is -0.450 e. The Hall–Kier alpha value is -2.86. The van der Waals surface area contributed by atoms with E-state index in [9.17, 15) is 9.59 Å². The third-order valence-electron chi connectivity index (χ3n) is 5.39. The Morgan fingerprint density at radius 1 is 1.00 bits per heavy atom. The number of aryl methyl sites for hydroxylation is 2. The van der Waals surface area contributed by atoms with Crippen molar-refractivity contribution >= 4 is 29.1 Å². The summed E-state index contributed by atoms with van der Waals surface area (Å²) in [5.74, 6) is 0.0626. The van der Waals surface area contributed by atoms with Crippen molar-refractivity contribution in [1.82, 2.24) is 0 Å². The molecule has 1 aliphatic heterocycles. The third-order valence-corrected chi connectivity index (χ3v) is 5.39. The number of nitrogens with one attached hydrogen (secondary N) is 2. The van der Waals surface area contributed by atoms with Gasteiger partial charge in [0.15, 0.2) is 6.54 Å². The van der Waals surface area contributed by atoms with E-state index in [4.69, 9.17) is 4.74 Å². The average molecular weight is 397 g/mol. The molecule has 1 aliphatic rings. The number of carbonyl (C=O) groups excluding carboxylic acids is 2. The first-order valence-electron chi connectivity index (χ1n) is 10.4. The van der Waals surface area contributed by atoms with Crippen LogP contribution in [-0.4, -0.2) is 38.2 Å². The minimum absolute atomic E-state index is 0.0626. The zero-order chi connectivity index (χ0) is 20.8. The van der Waals surface area contributed by atoms with E-state index in [1.165, 1.54) is 4.90 Å². The molecule has 0 aliphatic carbocycles. The number of benzene rings is 2. The van der Waals surface area contributed by atoms with Gasteiger partial charge in [0.05, 0.1) is 31.1 Å². The maximum absolute atomic E-state index is 13.4. The summed E-state index contributed by atoms with van der Waals surface area (Å²) in [5, 5.41) is 2.76. The van der Waals surface area contributed by atoms with Crippen LogP contribution < -0.4 is 15.1 Å². The highest BCUT2D eigenvalue weighted by atomic mass is 16.5. The number of quaternary nitrogens is 1. The van der Waals surface area contributed by atoms with E-state index < -0.39 is 6.09 Å². The van der Waals surface area contributed by atoms with Crippen LogP contribution in [0.2, 0.25) is 0 Å². The standard InChI is InChI=1S/C23H29N3O3/c1-4-25(5-2)16-22(27)26-20-10-8-7-9-17(20)11-12-18-13-14-19(15-21(18)26)24-23(28)29-6-3/h7-10,13-15H,4-6,11-12,16H2,1-3H3,(H,24,28)/p+1. The van der Waals surface area contributed by atoms with Gasteiger partial charge in [-0.25, -0.2) is 4.79 Å². The molecule has 0 fully saturated rings. The largest absolute Gasteiger partial charge is 0.450 e. The maximum atomic E-state index is 13.4. The van der Waals surface area contributed by atoms with Gasteiger partial charge in [-0.2, -0.15) is 0 Å². The van der Waals surface area contributed by atoms with Crippen LogP contribution in [0.15, 0.2) is 42.5 Å². The smallest absolute Gasteiger partial charge is 0.411 e. The van der Waals surface area contributed by atoms with Gasteiger partial charge < -0.3 is 9.64 Å². The lowest BCUT2D eigenvalue weighted by atomic mass is 10.0. The Morgan fingerprint density at radius 2 is 1.69 bits per heavy atom. The van der Waals surface area contributed by atoms with Gasteiger partial charge in [-0.1, -0.05) is 24.3 Å². The normalized spacial score (nSPS) is 12.8. The third kappa shape index (κ3) is 4.77. The fourth-order valence-corrected chi connectivity index (χ4v) is 3.75. The zero-order valence-corrected chi connectivity index (χ0v) is 17.5. The first-order chi connectivity index (χ1) is 14.1. The highest BCUT2D eigenvalue weighted by molar-refractivity contribution is 6.03. The van der Waals surface area contributed by atoms with Gasteiger partial charge in [0, 0.05) is 5.69 Å². The number of ether oxygens (including phenoxy) is 1. The molecule has 0 aromatic heterocycles. The Kier molecular flexibility index (Phi) is 6.88. The average Bonchev–Trinajstić information content (AvgIpc) is 2.88. The molecule has 2 aromatic carbocycles. The van der Waals surface area contributed by atoms with E-state index in [0.29, 0.717) is 18.8 Å². The molecule has 29 heavy (non-hydrogen) atoms. The molecule has 0 spiro atoms. The Labute approximate surface area is 172 Å². The lowest BCUT2D eigenvalue weighted by molar-refractivity contribution is -0.888. The quantitative estimate of drug-likeness (QED) is 0.789. The number of likely N-dealkylation sites (N-methyl/N-ethyl adjacent to an activating group) is 1. The molecular weight excluding hydrogens is 366 g/mol. The van der Waals surface area contributed by atoms with Gasteiger partial charge in [-0.05, 0) is 62.9 Å². The number of hydrogen-bond acceptors (Lipinski definition) is 3. The zero-order valence-electron chi connectivity index (χ0n) is 17.5. The van der Waals surface area contributed by atoms with Gasteiger partial charge in [-0.3, -0.25) is 15.0 Å². The molecule has 0 saturated heterocycles. The minimum atomic E-state index is -0.494. The highest BCUT2D eigenvalue weighted by Crippen LogP contribution is 2.37. The molecule has 2 amide bonds. The van der Waals surface area contributed by atoms with Crippen LogP contribution in [0.1, 0.15) is 31.9 Å². The maximum Gasteiger partial charge on any atom is 0.411 e. The number of anilines is 3. The van der Waals surface area contributed by atoms with Crippen molar-refractivity contribution in [3.8, 4) is 0 Å². The van der Waals surface area contributed by atoms with E-state index in [1.807, 2.05) is 41.3 Å². The molecule has 0 bridgehead atoms. The van der Waals surface area contributed by atoms with Crippen LogP contribution in [0.3, 0.4) is 0 Å². The second kappa shape index (κ2) is 9.56. The number of hydrogen-bond donors (Lipinski definition) is 2. The topological polar surface area (TPSA) is 63.1 Å². The van der Waals surface area contributed by atoms with Crippen LogP contribution in [0, 0.1) is 0 Å². The van der Waals surface area contributed by atoms with E-state index in [2.05, 4.69) is 25.2 Å². The Morgan fingerprint density at radius 3 is 2.38 bits per heavy atom. The van der Waals surface area contributed by atoms with Crippen molar-refractivity contribution in [2.45, 2.75) is 33.6 Å². The number of rotatable bonds is 6. The molecule has 6 nitrogen and oxygen atoms in total. The number of fused-ring (bicyclic) bond motifs is 2. The van der Waals surface area contributed by atoms with Crippen molar-refractivity contribution in [3.05, 3.63) is 53.6 Å². The predicted molar refractivity (Wildman–Crippen MR) is 115 cm³/mol.